The number of hydrogen-bond donors (Lipinski definition) is 1. The number of nitrogens with zero attached hydrogens (tertiary/aromatic N) is 1. The molecule has 0 aromatic carbocycles. The van der Waals surface area contributed by atoms with Crippen LogP contribution in [0.4, 0.5) is 0 Å². The molecule has 0 aromatic heterocycles. The van der Waals surface area contributed by atoms with E-state index in [9.17, 15) is 10.1 Å². The van der Waals surface area contributed by atoms with Crippen molar-refractivity contribution in [1.82, 2.24) is 0 Å². The summed E-state index contributed by atoms with van der Waals surface area (Å²) in [5.41, 5.74) is 5.48. The summed E-state index contributed by atoms with van der Waals surface area (Å²) in [4.78, 5) is 9.64. The molecule has 0 saturated carbocycles. The molecule has 0 aliphatic heterocycles. The second kappa shape index (κ2) is 6.79. The van der Waals surface area contributed by atoms with Crippen LogP contribution in [0.2, 0.25) is 0 Å². The quantitative estimate of drug-likeness (QED) is 0.373. The molecule has 2 N–H and O–H groups in total. The fourth-order valence-corrected chi connectivity index (χ4v) is 0.878. The second-order valence-electron chi connectivity index (χ2n) is 2.73. The van der Waals surface area contributed by atoms with Crippen LogP contribution in [0.25, 0.3) is 0 Å². The van der Waals surface area contributed by atoms with Crippen molar-refractivity contribution >= 4 is 0 Å². The highest BCUT2D eigenvalue weighted by Gasteiger charge is 2.07. The minimum Gasteiger partial charge on any atom is -0.322 e. The van der Waals surface area contributed by atoms with E-state index in [4.69, 9.17) is 5.73 Å². The zero-order valence-corrected chi connectivity index (χ0v) is 7.40. The van der Waals surface area contributed by atoms with Gasteiger partial charge in [0.15, 0.2) is 0 Å². The Morgan fingerprint density at radius 1 is 1.58 bits per heavy atom. The molecule has 0 unspecified atom stereocenters. The van der Waals surface area contributed by atoms with Crippen molar-refractivity contribution in [2.45, 2.75) is 32.2 Å². The van der Waals surface area contributed by atoms with Gasteiger partial charge in [-0.15, -0.1) is 0 Å². The Hall–Kier alpha value is -0.900. The normalized spacial score (nSPS) is 13.5. The van der Waals surface area contributed by atoms with Gasteiger partial charge in [0.2, 0.25) is 6.54 Å². The van der Waals surface area contributed by atoms with Crippen LogP contribution in [0.15, 0.2) is 12.2 Å². The summed E-state index contributed by atoms with van der Waals surface area (Å²) < 4.78 is 0. The minimum absolute atomic E-state index is 0.125. The molecule has 0 fully saturated rings. The lowest BCUT2D eigenvalue weighted by atomic mass is 10.1. The molecule has 1 atom stereocenters. The molecule has 12 heavy (non-hydrogen) atoms. The lowest BCUT2D eigenvalue weighted by Crippen LogP contribution is -2.28. The predicted octanol–water partition coefficient (Wildman–Crippen LogP) is 1.34. The summed E-state index contributed by atoms with van der Waals surface area (Å²) in [6, 6.07) is -0.304. The molecule has 0 aliphatic rings. The van der Waals surface area contributed by atoms with Gasteiger partial charge in [-0.05, 0) is 19.3 Å². The fourth-order valence-electron chi connectivity index (χ4n) is 0.878. The van der Waals surface area contributed by atoms with Gasteiger partial charge in [-0.2, -0.15) is 0 Å². The highest BCUT2D eigenvalue weighted by molar-refractivity contribution is 4.81. The van der Waals surface area contributed by atoms with Gasteiger partial charge in [0.1, 0.15) is 0 Å². The third kappa shape index (κ3) is 7.21. The van der Waals surface area contributed by atoms with Crippen LogP contribution in [-0.4, -0.2) is 17.5 Å². The molecule has 0 aromatic rings. The third-order valence-corrected chi connectivity index (χ3v) is 1.49. The zero-order valence-electron chi connectivity index (χ0n) is 7.40. The third-order valence-electron chi connectivity index (χ3n) is 1.49. The van der Waals surface area contributed by atoms with Crippen molar-refractivity contribution in [2.24, 2.45) is 5.73 Å². The number of nitro groups is 1. The molecule has 0 aliphatic carbocycles. The van der Waals surface area contributed by atoms with Crippen LogP contribution in [0.3, 0.4) is 0 Å². The van der Waals surface area contributed by atoms with Crippen LogP contribution < -0.4 is 5.73 Å². The fraction of sp³-hybridized carbons (Fsp3) is 0.750. The molecule has 0 bridgehead atoms. The number of allylic oxidation sites excluding steroid dienone is 2. The molecule has 0 rings (SSSR count). The topological polar surface area (TPSA) is 69.2 Å². The first-order valence-corrected chi connectivity index (χ1v) is 4.19. The minimum atomic E-state index is -0.367. The highest BCUT2D eigenvalue weighted by atomic mass is 16.6. The smallest absolute Gasteiger partial charge is 0.218 e. The standard InChI is InChI=1S/C8H16N2O2/c1-2-3-4-5-6-8(9)7-10(11)12/h3-4,8H,2,5-7,9H2,1H3/b4-3-/t8-/m0/s1. The average Bonchev–Trinajstić information content (AvgIpc) is 1.97. The molecular weight excluding hydrogens is 156 g/mol. The monoisotopic (exact) mass is 172 g/mol. The van der Waals surface area contributed by atoms with E-state index in [0.29, 0.717) is 6.42 Å². The first kappa shape index (κ1) is 11.1. The van der Waals surface area contributed by atoms with Gasteiger partial charge >= 0.3 is 0 Å². The van der Waals surface area contributed by atoms with Gasteiger partial charge in [0, 0.05) is 4.92 Å². The van der Waals surface area contributed by atoms with E-state index >= 15 is 0 Å². The molecule has 0 amide bonds. The Morgan fingerprint density at radius 3 is 2.75 bits per heavy atom. The number of nitrogens with two attached hydrogens (primary N) is 1. The van der Waals surface area contributed by atoms with Crippen LogP contribution in [-0.2, 0) is 0 Å². The molecular formula is C8H16N2O2. The van der Waals surface area contributed by atoms with E-state index in [1.165, 1.54) is 0 Å². The summed E-state index contributed by atoms with van der Waals surface area (Å²) in [6.45, 7) is 1.92. The van der Waals surface area contributed by atoms with Crippen molar-refractivity contribution in [3.63, 3.8) is 0 Å². The average molecular weight is 172 g/mol. The molecule has 4 nitrogen and oxygen atoms in total. The lowest BCUT2D eigenvalue weighted by molar-refractivity contribution is -0.482. The maximum atomic E-state index is 10.0. The van der Waals surface area contributed by atoms with Crippen molar-refractivity contribution in [3.8, 4) is 0 Å². The highest BCUT2D eigenvalue weighted by Crippen LogP contribution is 1.96. The Kier molecular flexibility index (Phi) is 6.28. The lowest BCUT2D eigenvalue weighted by Gasteiger charge is -2.02. The SMILES string of the molecule is CC/C=C\CC[C@H](N)C[N+](=O)[O-]. The van der Waals surface area contributed by atoms with E-state index in [0.717, 1.165) is 12.8 Å². The summed E-state index contributed by atoms with van der Waals surface area (Å²) in [7, 11) is 0. The van der Waals surface area contributed by atoms with Gasteiger partial charge in [-0.25, -0.2) is 0 Å². The predicted molar refractivity (Wildman–Crippen MR) is 48.5 cm³/mol. The Bertz CT molecular complexity index is 157. The van der Waals surface area contributed by atoms with Gasteiger partial charge in [0.25, 0.3) is 0 Å². The first-order chi connectivity index (χ1) is 5.66. The largest absolute Gasteiger partial charge is 0.322 e. The zero-order chi connectivity index (χ0) is 9.40. The van der Waals surface area contributed by atoms with Crippen LogP contribution >= 0.6 is 0 Å². The number of hydrogen-bond acceptors (Lipinski definition) is 3. The van der Waals surface area contributed by atoms with Crippen LogP contribution in [0.5, 0.6) is 0 Å². The van der Waals surface area contributed by atoms with E-state index in [1.807, 2.05) is 19.1 Å². The van der Waals surface area contributed by atoms with Crippen molar-refractivity contribution in [3.05, 3.63) is 22.3 Å². The summed E-state index contributed by atoms with van der Waals surface area (Å²) in [5, 5.41) is 10.0. The summed E-state index contributed by atoms with van der Waals surface area (Å²) in [5.74, 6) is 0. The molecule has 0 radical (unpaired) electrons. The van der Waals surface area contributed by atoms with Crippen molar-refractivity contribution in [1.29, 1.82) is 0 Å². The van der Waals surface area contributed by atoms with Gasteiger partial charge in [-0.1, -0.05) is 19.1 Å². The van der Waals surface area contributed by atoms with Gasteiger partial charge < -0.3 is 5.73 Å². The molecule has 0 spiro atoms. The number of rotatable bonds is 6. The summed E-state index contributed by atoms with van der Waals surface area (Å²) in [6.07, 6.45) is 6.59. The van der Waals surface area contributed by atoms with Crippen LogP contribution in [0, 0.1) is 10.1 Å². The maximum absolute atomic E-state index is 10.0. The van der Waals surface area contributed by atoms with Crippen LogP contribution in [0.1, 0.15) is 26.2 Å². The maximum Gasteiger partial charge on any atom is 0.218 e. The molecule has 0 saturated heterocycles. The van der Waals surface area contributed by atoms with E-state index in [-0.39, 0.29) is 17.5 Å². The van der Waals surface area contributed by atoms with E-state index in [1.54, 1.807) is 0 Å². The van der Waals surface area contributed by atoms with Gasteiger partial charge in [-0.3, -0.25) is 10.1 Å². The van der Waals surface area contributed by atoms with Gasteiger partial charge in [0.05, 0.1) is 6.04 Å². The van der Waals surface area contributed by atoms with Crippen molar-refractivity contribution < 1.29 is 4.92 Å². The second-order valence-corrected chi connectivity index (χ2v) is 2.73. The Morgan fingerprint density at radius 2 is 2.25 bits per heavy atom. The molecule has 4 heteroatoms. The summed E-state index contributed by atoms with van der Waals surface area (Å²) >= 11 is 0. The van der Waals surface area contributed by atoms with E-state index in [2.05, 4.69) is 0 Å². The van der Waals surface area contributed by atoms with Crippen molar-refractivity contribution in [2.75, 3.05) is 6.54 Å². The van der Waals surface area contributed by atoms with E-state index < -0.39 is 0 Å². The Labute approximate surface area is 72.6 Å². The molecule has 0 heterocycles. The first-order valence-electron chi connectivity index (χ1n) is 4.19. The molecule has 70 valence electrons. The Balaban J connectivity index is 3.37.